The second-order valence-electron chi connectivity index (χ2n) is 5.28. The highest BCUT2D eigenvalue weighted by molar-refractivity contribution is 6.17. The van der Waals surface area contributed by atoms with Crippen molar-refractivity contribution >= 4 is 11.4 Å². The second-order valence-corrected chi connectivity index (χ2v) is 5.28. The molecule has 0 amide bonds. The van der Waals surface area contributed by atoms with Crippen molar-refractivity contribution in [2.24, 2.45) is 0 Å². The van der Waals surface area contributed by atoms with E-state index < -0.39 is 0 Å². The standard InChI is InChI=1S/C18H14O/c19-18-15-8-4-2-6-13(15)11-17(18)16-10-9-12-5-1-3-7-14(12)16/h1-8H,9-11H2/b17-16+. The number of Topliss-reactive ketones (excluding diaryl/α,β-unsaturated/α-hetero) is 1. The number of allylic oxidation sites excluding steroid dienone is 2. The molecule has 0 saturated carbocycles. The van der Waals surface area contributed by atoms with Crippen LogP contribution in [0.2, 0.25) is 0 Å². The molecule has 2 aromatic rings. The van der Waals surface area contributed by atoms with Gasteiger partial charge in [-0.2, -0.15) is 0 Å². The van der Waals surface area contributed by atoms with E-state index in [1.165, 1.54) is 22.3 Å². The Balaban J connectivity index is 1.88. The van der Waals surface area contributed by atoms with Crippen LogP contribution in [0.5, 0.6) is 0 Å². The summed E-state index contributed by atoms with van der Waals surface area (Å²) in [4.78, 5) is 12.5. The first-order chi connectivity index (χ1) is 9.34. The zero-order chi connectivity index (χ0) is 12.8. The first-order valence-electron chi connectivity index (χ1n) is 6.77. The van der Waals surface area contributed by atoms with Crippen molar-refractivity contribution in [1.82, 2.24) is 0 Å². The molecule has 0 heterocycles. The maximum Gasteiger partial charge on any atom is 0.189 e. The Labute approximate surface area is 112 Å². The highest BCUT2D eigenvalue weighted by Crippen LogP contribution is 2.39. The summed E-state index contributed by atoms with van der Waals surface area (Å²) in [7, 11) is 0. The van der Waals surface area contributed by atoms with Gasteiger partial charge in [0.25, 0.3) is 0 Å². The van der Waals surface area contributed by atoms with Crippen LogP contribution < -0.4 is 0 Å². The van der Waals surface area contributed by atoms with E-state index in [1.807, 2.05) is 18.2 Å². The molecule has 4 rings (SSSR count). The largest absolute Gasteiger partial charge is 0.289 e. The van der Waals surface area contributed by atoms with Gasteiger partial charge < -0.3 is 0 Å². The van der Waals surface area contributed by atoms with Crippen LogP contribution in [0.3, 0.4) is 0 Å². The number of fused-ring (bicyclic) bond motifs is 2. The number of hydrogen-bond donors (Lipinski definition) is 0. The summed E-state index contributed by atoms with van der Waals surface area (Å²) in [6.45, 7) is 0. The van der Waals surface area contributed by atoms with E-state index in [0.29, 0.717) is 0 Å². The fourth-order valence-electron chi connectivity index (χ4n) is 3.31. The second kappa shape index (κ2) is 3.92. The molecule has 0 atom stereocenters. The number of hydrogen-bond acceptors (Lipinski definition) is 1. The first kappa shape index (κ1) is 10.7. The van der Waals surface area contributed by atoms with Gasteiger partial charge in [-0.1, -0.05) is 48.5 Å². The van der Waals surface area contributed by atoms with E-state index in [0.717, 1.165) is 30.4 Å². The monoisotopic (exact) mass is 246 g/mol. The number of carbonyl (C=O) groups is 1. The predicted octanol–water partition coefficient (Wildman–Crippen LogP) is 3.83. The predicted molar refractivity (Wildman–Crippen MR) is 76.2 cm³/mol. The zero-order valence-corrected chi connectivity index (χ0v) is 10.6. The van der Waals surface area contributed by atoms with Gasteiger partial charge in [0.1, 0.15) is 0 Å². The van der Waals surface area contributed by atoms with Crippen molar-refractivity contribution in [2.45, 2.75) is 19.3 Å². The lowest BCUT2D eigenvalue weighted by Gasteiger charge is -2.04. The van der Waals surface area contributed by atoms with Crippen molar-refractivity contribution in [3.8, 4) is 0 Å². The fourth-order valence-corrected chi connectivity index (χ4v) is 3.31. The lowest BCUT2D eigenvalue weighted by molar-refractivity contribution is 0.104. The van der Waals surface area contributed by atoms with Crippen LogP contribution in [0.4, 0.5) is 0 Å². The van der Waals surface area contributed by atoms with Crippen LogP contribution in [0.15, 0.2) is 54.1 Å². The van der Waals surface area contributed by atoms with Gasteiger partial charge in [0.2, 0.25) is 0 Å². The quantitative estimate of drug-likeness (QED) is 0.646. The molecular formula is C18H14O. The third-order valence-corrected chi connectivity index (χ3v) is 4.25. The smallest absolute Gasteiger partial charge is 0.189 e. The minimum atomic E-state index is 0.238. The van der Waals surface area contributed by atoms with Crippen molar-refractivity contribution in [1.29, 1.82) is 0 Å². The molecule has 0 N–H and O–H groups in total. The van der Waals surface area contributed by atoms with Gasteiger partial charge in [0.15, 0.2) is 5.78 Å². The molecule has 0 aromatic heterocycles. The van der Waals surface area contributed by atoms with E-state index in [4.69, 9.17) is 0 Å². The fraction of sp³-hybridized carbons (Fsp3) is 0.167. The maximum atomic E-state index is 12.5. The Bertz CT molecular complexity index is 722. The van der Waals surface area contributed by atoms with E-state index in [9.17, 15) is 4.79 Å². The lowest BCUT2D eigenvalue weighted by Crippen LogP contribution is -1.98. The molecule has 19 heavy (non-hydrogen) atoms. The van der Waals surface area contributed by atoms with Crippen molar-refractivity contribution in [3.63, 3.8) is 0 Å². The Morgan fingerprint density at radius 2 is 1.37 bits per heavy atom. The summed E-state index contributed by atoms with van der Waals surface area (Å²) in [5.41, 5.74) is 7.05. The summed E-state index contributed by atoms with van der Waals surface area (Å²) < 4.78 is 0. The van der Waals surface area contributed by atoms with Gasteiger partial charge in [-0.25, -0.2) is 0 Å². The Morgan fingerprint density at radius 3 is 2.16 bits per heavy atom. The number of ketones is 1. The summed E-state index contributed by atoms with van der Waals surface area (Å²) in [5, 5.41) is 0. The van der Waals surface area contributed by atoms with Crippen LogP contribution in [0.25, 0.3) is 5.57 Å². The number of rotatable bonds is 0. The van der Waals surface area contributed by atoms with E-state index in [2.05, 4.69) is 30.3 Å². The molecule has 0 spiro atoms. The molecule has 0 aliphatic heterocycles. The summed E-state index contributed by atoms with van der Waals surface area (Å²) in [5.74, 6) is 0.238. The van der Waals surface area contributed by atoms with Crippen molar-refractivity contribution in [2.75, 3.05) is 0 Å². The molecule has 0 fully saturated rings. The summed E-state index contributed by atoms with van der Waals surface area (Å²) in [6.07, 6.45) is 2.88. The Kier molecular flexibility index (Phi) is 2.22. The van der Waals surface area contributed by atoms with Crippen molar-refractivity contribution in [3.05, 3.63) is 76.4 Å². The average molecular weight is 246 g/mol. The SMILES string of the molecule is O=C1/C(=C2\CCc3ccccc32)Cc2ccccc21. The van der Waals surface area contributed by atoms with Crippen molar-refractivity contribution < 1.29 is 4.79 Å². The normalized spacial score (nSPS) is 20.5. The average Bonchev–Trinajstić information content (AvgIpc) is 3.01. The molecule has 2 aromatic carbocycles. The highest BCUT2D eigenvalue weighted by Gasteiger charge is 2.29. The Morgan fingerprint density at radius 1 is 0.684 bits per heavy atom. The molecule has 2 aliphatic rings. The molecule has 1 heteroatoms. The highest BCUT2D eigenvalue weighted by atomic mass is 16.1. The molecule has 0 bridgehead atoms. The van der Waals surface area contributed by atoms with Crippen LogP contribution in [-0.2, 0) is 12.8 Å². The zero-order valence-electron chi connectivity index (χ0n) is 10.6. The molecule has 0 radical (unpaired) electrons. The Hall–Kier alpha value is -2.15. The first-order valence-corrected chi connectivity index (χ1v) is 6.77. The minimum absolute atomic E-state index is 0.238. The maximum absolute atomic E-state index is 12.5. The number of carbonyl (C=O) groups excluding carboxylic acids is 1. The molecule has 2 aliphatic carbocycles. The van der Waals surface area contributed by atoms with E-state index in [1.54, 1.807) is 0 Å². The van der Waals surface area contributed by atoms with E-state index >= 15 is 0 Å². The van der Waals surface area contributed by atoms with Gasteiger partial charge in [-0.3, -0.25) is 4.79 Å². The van der Waals surface area contributed by atoms with Gasteiger partial charge >= 0.3 is 0 Å². The van der Waals surface area contributed by atoms with Gasteiger partial charge in [-0.15, -0.1) is 0 Å². The summed E-state index contributed by atoms with van der Waals surface area (Å²) in [6, 6.07) is 16.5. The molecule has 92 valence electrons. The lowest BCUT2D eigenvalue weighted by atomic mass is 9.99. The van der Waals surface area contributed by atoms with Crippen LogP contribution in [0.1, 0.15) is 33.5 Å². The van der Waals surface area contributed by atoms with Gasteiger partial charge in [-0.05, 0) is 35.1 Å². The van der Waals surface area contributed by atoms with Crippen LogP contribution in [-0.4, -0.2) is 5.78 Å². The summed E-state index contributed by atoms with van der Waals surface area (Å²) >= 11 is 0. The van der Waals surface area contributed by atoms with Gasteiger partial charge in [0, 0.05) is 17.6 Å². The third kappa shape index (κ3) is 1.51. The van der Waals surface area contributed by atoms with E-state index in [-0.39, 0.29) is 5.78 Å². The molecule has 0 saturated heterocycles. The van der Waals surface area contributed by atoms with Crippen LogP contribution in [0, 0.1) is 0 Å². The number of aryl methyl sites for hydroxylation is 1. The minimum Gasteiger partial charge on any atom is -0.289 e. The molecular weight excluding hydrogens is 232 g/mol. The van der Waals surface area contributed by atoms with Gasteiger partial charge in [0.05, 0.1) is 0 Å². The topological polar surface area (TPSA) is 17.1 Å². The third-order valence-electron chi connectivity index (χ3n) is 4.25. The molecule has 1 nitrogen and oxygen atoms in total. The van der Waals surface area contributed by atoms with Crippen LogP contribution >= 0.6 is 0 Å². The molecule has 0 unspecified atom stereocenters. The number of benzene rings is 2.